The molecule has 0 radical (unpaired) electrons. The van der Waals surface area contributed by atoms with Crippen molar-refractivity contribution in [3.8, 4) is 0 Å². The normalized spacial score (nSPS) is 11.5. The summed E-state index contributed by atoms with van der Waals surface area (Å²) >= 11 is 1.63. The second-order valence-corrected chi connectivity index (χ2v) is 5.60. The third-order valence-electron chi connectivity index (χ3n) is 2.90. The number of carboxylic acids is 1. The molecule has 0 fully saturated rings. The average Bonchev–Trinajstić information content (AvgIpc) is 2.94. The molecule has 0 aliphatic heterocycles. The molecular weight excluding hydrogens is 294 g/mol. The van der Waals surface area contributed by atoms with Crippen molar-refractivity contribution in [3.63, 3.8) is 0 Å². The molecule has 1 aromatic rings. The summed E-state index contributed by atoms with van der Waals surface area (Å²) in [7, 11) is 1.66. The summed E-state index contributed by atoms with van der Waals surface area (Å²) in [6.07, 6.45) is 0.743. The van der Waals surface area contributed by atoms with Crippen molar-refractivity contribution in [3.05, 3.63) is 22.4 Å². The lowest BCUT2D eigenvalue weighted by Gasteiger charge is -2.24. The zero-order valence-electron chi connectivity index (χ0n) is 12.0. The third-order valence-corrected chi connectivity index (χ3v) is 3.79. The molecule has 0 spiro atoms. The maximum absolute atomic E-state index is 11.9. The van der Waals surface area contributed by atoms with Crippen LogP contribution < -0.4 is 10.6 Å². The lowest BCUT2D eigenvalue weighted by atomic mass is 10.2. The summed E-state index contributed by atoms with van der Waals surface area (Å²) in [6.45, 7) is 1.21. The van der Waals surface area contributed by atoms with Gasteiger partial charge in [-0.15, -0.1) is 11.3 Å². The van der Waals surface area contributed by atoms with Gasteiger partial charge in [0.05, 0.1) is 6.54 Å². The molecule has 0 aromatic carbocycles. The van der Waals surface area contributed by atoms with Crippen LogP contribution in [0.2, 0.25) is 0 Å². The summed E-state index contributed by atoms with van der Waals surface area (Å²) in [5, 5.41) is 15.0. The van der Waals surface area contributed by atoms with E-state index in [0.29, 0.717) is 0 Å². The van der Waals surface area contributed by atoms with E-state index >= 15 is 0 Å². The van der Waals surface area contributed by atoms with E-state index < -0.39 is 18.4 Å². The van der Waals surface area contributed by atoms with Gasteiger partial charge in [-0.1, -0.05) is 6.07 Å². The van der Waals surface area contributed by atoms with Crippen molar-refractivity contribution in [2.75, 3.05) is 20.1 Å². The predicted molar refractivity (Wildman–Crippen MR) is 79.3 cm³/mol. The second-order valence-electron chi connectivity index (χ2n) is 4.57. The quantitative estimate of drug-likeness (QED) is 0.683. The van der Waals surface area contributed by atoms with Crippen LogP contribution in [0.4, 0.5) is 4.79 Å². The molecule has 0 saturated carbocycles. The first-order chi connectivity index (χ1) is 9.90. The molecule has 0 aliphatic rings. The van der Waals surface area contributed by atoms with E-state index in [0.717, 1.165) is 6.42 Å². The minimum Gasteiger partial charge on any atom is -0.480 e. The number of carbonyl (C=O) groups excluding carboxylic acids is 2. The van der Waals surface area contributed by atoms with E-state index in [4.69, 9.17) is 5.11 Å². The molecule has 3 N–H and O–H groups in total. The minimum atomic E-state index is -1.13. The fourth-order valence-corrected chi connectivity index (χ4v) is 2.40. The van der Waals surface area contributed by atoms with Crippen LogP contribution in [0.15, 0.2) is 17.5 Å². The van der Waals surface area contributed by atoms with Crippen LogP contribution in [0.3, 0.4) is 0 Å². The molecule has 116 valence electrons. The van der Waals surface area contributed by atoms with Gasteiger partial charge in [0.1, 0.15) is 6.54 Å². The van der Waals surface area contributed by atoms with E-state index in [9.17, 15) is 14.4 Å². The molecule has 0 saturated heterocycles. The van der Waals surface area contributed by atoms with E-state index in [2.05, 4.69) is 10.6 Å². The van der Waals surface area contributed by atoms with Gasteiger partial charge < -0.3 is 20.6 Å². The van der Waals surface area contributed by atoms with Gasteiger partial charge in [0, 0.05) is 24.4 Å². The van der Waals surface area contributed by atoms with Crippen LogP contribution in [-0.2, 0) is 16.0 Å². The third kappa shape index (κ3) is 6.26. The van der Waals surface area contributed by atoms with E-state index in [1.165, 1.54) is 9.78 Å². The molecule has 21 heavy (non-hydrogen) atoms. The average molecular weight is 313 g/mol. The van der Waals surface area contributed by atoms with Gasteiger partial charge in [0.15, 0.2) is 0 Å². The summed E-state index contributed by atoms with van der Waals surface area (Å²) in [5.41, 5.74) is 0. The second kappa shape index (κ2) is 8.25. The van der Waals surface area contributed by atoms with Crippen molar-refractivity contribution in [2.45, 2.75) is 19.4 Å². The van der Waals surface area contributed by atoms with Gasteiger partial charge in [-0.05, 0) is 18.4 Å². The molecule has 1 aromatic heterocycles. The Morgan fingerprint density at radius 3 is 2.62 bits per heavy atom. The van der Waals surface area contributed by atoms with E-state index in [1.807, 2.05) is 24.4 Å². The molecule has 8 heteroatoms. The topological polar surface area (TPSA) is 98.7 Å². The van der Waals surface area contributed by atoms with Crippen molar-refractivity contribution in [1.82, 2.24) is 15.5 Å². The van der Waals surface area contributed by atoms with Crippen LogP contribution in [0.1, 0.15) is 11.8 Å². The highest BCUT2D eigenvalue weighted by Gasteiger charge is 2.17. The SMILES string of the molecule is CC(Cc1cccs1)N(C)C(=O)NCC(=O)NCC(=O)O. The number of rotatable bonds is 7. The van der Waals surface area contributed by atoms with Gasteiger partial charge in [-0.2, -0.15) is 0 Å². The predicted octanol–water partition coefficient (Wildman–Crippen LogP) is 0.521. The van der Waals surface area contributed by atoms with Gasteiger partial charge in [-0.25, -0.2) is 4.79 Å². The molecule has 0 aliphatic carbocycles. The number of nitrogens with one attached hydrogen (secondary N) is 2. The van der Waals surface area contributed by atoms with Crippen LogP contribution in [0, 0.1) is 0 Å². The highest BCUT2D eigenvalue weighted by molar-refractivity contribution is 7.09. The van der Waals surface area contributed by atoms with Crippen LogP contribution in [-0.4, -0.2) is 54.1 Å². The molecule has 3 amide bonds. The Morgan fingerprint density at radius 1 is 1.33 bits per heavy atom. The fourth-order valence-electron chi connectivity index (χ4n) is 1.57. The molecule has 1 rings (SSSR count). The van der Waals surface area contributed by atoms with Gasteiger partial charge >= 0.3 is 12.0 Å². The highest BCUT2D eigenvalue weighted by Crippen LogP contribution is 2.13. The van der Waals surface area contributed by atoms with Gasteiger partial charge in [0.25, 0.3) is 0 Å². The monoisotopic (exact) mass is 313 g/mol. The van der Waals surface area contributed by atoms with Crippen molar-refractivity contribution < 1.29 is 19.5 Å². The number of thiophene rings is 1. The Bertz CT molecular complexity index is 490. The number of likely N-dealkylation sites (N-methyl/N-ethyl adjacent to an activating group) is 1. The maximum atomic E-state index is 11.9. The first kappa shape index (κ1) is 17.0. The number of hydrogen-bond acceptors (Lipinski definition) is 4. The number of aliphatic carboxylic acids is 1. The first-order valence-electron chi connectivity index (χ1n) is 6.41. The van der Waals surface area contributed by atoms with E-state index in [-0.39, 0.29) is 18.6 Å². The Morgan fingerprint density at radius 2 is 2.05 bits per heavy atom. The number of amides is 3. The van der Waals surface area contributed by atoms with Crippen molar-refractivity contribution in [1.29, 1.82) is 0 Å². The maximum Gasteiger partial charge on any atom is 0.322 e. The standard InChI is InChI=1S/C13H19N3O4S/c1-9(6-10-4-3-5-21-10)16(2)13(20)15-7-11(17)14-8-12(18)19/h3-5,9H,6-8H2,1-2H3,(H,14,17)(H,15,20)(H,18,19). The summed E-state index contributed by atoms with van der Waals surface area (Å²) in [6, 6.07) is 3.58. The number of carboxylic acid groups (broad SMARTS) is 1. The van der Waals surface area contributed by atoms with Crippen LogP contribution >= 0.6 is 11.3 Å². The Kier molecular flexibility index (Phi) is 6.67. The molecule has 1 atom stereocenters. The van der Waals surface area contributed by atoms with Gasteiger partial charge in [-0.3, -0.25) is 9.59 Å². The molecule has 1 heterocycles. The molecule has 1 unspecified atom stereocenters. The minimum absolute atomic E-state index is 0.00858. The number of nitrogens with zero attached hydrogens (tertiary/aromatic N) is 1. The largest absolute Gasteiger partial charge is 0.480 e. The smallest absolute Gasteiger partial charge is 0.322 e. The van der Waals surface area contributed by atoms with E-state index in [1.54, 1.807) is 18.4 Å². The molecule has 0 bridgehead atoms. The van der Waals surface area contributed by atoms with Crippen LogP contribution in [0.25, 0.3) is 0 Å². The number of hydrogen-bond donors (Lipinski definition) is 3. The van der Waals surface area contributed by atoms with Crippen LogP contribution in [0.5, 0.6) is 0 Å². The first-order valence-corrected chi connectivity index (χ1v) is 7.29. The Labute approximate surface area is 126 Å². The number of carbonyl (C=O) groups is 3. The lowest BCUT2D eigenvalue weighted by molar-refractivity contribution is -0.137. The van der Waals surface area contributed by atoms with Crippen molar-refractivity contribution in [2.24, 2.45) is 0 Å². The zero-order chi connectivity index (χ0) is 15.8. The highest BCUT2D eigenvalue weighted by atomic mass is 32.1. The Balaban J connectivity index is 2.33. The zero-order valence-corrected chi connectivity index (χ0v) is 12.8. The van der Waals surface area contributed by atoms with Crippen molar-refractivity contribution >= 4 is 29.2 Å². The summed E-state index contributed by atoms with van der Waals surface area (Å²) < 4.78 is 0. The summed E-state index contributed by atoms with van der Waals surface area (Å²) in [4.78, 5) is 36.2. The van der Waals surface area contributed by atoms with Gasteiger partial charge in [0.2, 0.25) is 5.91 Å². The molecule has 7 nitrogen and oxygen atoms in total. The number of urea groups is 1. The lowest BCUT2D eigenvalue weighted by Crippen LogP contribution is -2.46. The molecular formula is C13H19N3O4S. The Hall–Kier alpha value is -2.09. The fraction of sp³-hybridized carbons (Fsp3) is 0.462. The summed E-state index contributed by atoms with van der Waals surface area (Å²) in [5.74, 6) is -1.67.